The van der Waals surface area contributed by atoms with Crippen molar-refractivity contribution in [2.75, 3.05) is 0 Å². The van der Waals surface area contributed by atoms with Gasteiger partial charge >= 0.3 is 0 Å². The number of benzene rings is 2. The number of aliphatic hydroxyl groups excluding tert-OH is 1. The maximum atomic E-state index is 9.27. The summed E-state index contributed by atoms with van der Waals surface area (Å²) in [5.41, 5.74) is 1.42. The zero-order chi connectivity index (χ0) is 13.1. The first-order chi connectivity index (χ1) is 9.36. The Morgan fingerprint density at radius 1 is 0.947 bits per heavy atom. The van der Waals surface area contributed by atoms with Gasteiger partial charge in [0.15, 0.2) is 0 Å². The van der Waals surface area contributed by atoms with Gasteiger partial charge in [0.25, 0.3) is 0 Å². The Hall–Kier alpha value is -2.39. The Bertz CT molecular complexity index is 695. The van der Waals surface area contributed by atoms with E-state index in [4.69, 9.17) is 4.74 Å². The van der Waals surface area contributed by atoms with Crippen molar-refractivity contribution in [3.05, 3.63) is 66.4 Å². The molecular formula is C16H13NO2. The Balaban J connectivity index is 2.11. The summed E-state index contributed by atoms with van der Waals surface area (Å²) in [6, 6.07) is 19.1. The lowest BCUT2D eigenvalue weighted by Crippen LogP contribution is -1.93. The number of rotatable bonds is 3. The molecule has 0 saturated carbocycles. The van der Waals surface area contributed by atoms with Crippen LogP contribution in [0, 0.1) is 0 Å². The third kappa shape index (κ3) is 2.41. The molecule has 1 aromatic heterocycles. The summed E-state index contributed by atoms with van der Waals surface area (Å²) in [6.45, 7) is -0.101. The fraction of sp³-hybridized carbons (Fsp3) is 0.0625. The van der Waals surface area contributed by atoms with Crippen molar-refractivity contribution >= 4 is 10.9 Å². The highest BCUT2D eigenvalue weighted by Crippen LogP contribution is 2.29. The van der Waals surface area contributed by atoms with Crippen molar-refractivity contribution in [1.29, 1.82) is 0 Å². The largest absolute Gasteiger partial charge is 0.457 e. The first kappa shape index (κ1) is 11.7. The summed E-state index contributed by atoms with van der Waals surface area (Å²) in [5.74, 6) is 1.48. The zero-order valence-electron chi connectivity index (χ0n) is 10.3. The second-order valence-corrected chi connectivity index (χ2v) is 4.20. The van der Waals surface area contributed by atoms with E-state index in [1.165, 1.54) is 0 Å². The number of para-hydroxylation sites is 2. The molecule has 19 heavy (non-hydrogen) atoms. The second-order valence-electron chi connectivity index (χ2n) is 4.20. The molecule has 2 aromatic carbocycles. The second kappa shape index (κ2) is 5.08. The van der Waals surface area contributed by atoms with Gasteiger partial charge in [-0.25, -0.2) is 0 Å². The molecule has 3 heteroatoms. The zero-order valence-corrected chi connectivity index (χ0v) is 10.3. The fourth-order valence-corrected chi connectivity index (χ4v) is 1.98. The van der Waals surface area contributed by atoms with E-state index in [1.807, 2.05) is 54.6 Å². The Labute approximate surface area is 111 Å². The highest BCUT2D eigenvalue weighted by molar-refractivity contribution is 5.85. The van der Waals surface area contributed by atoms with Crippen LogP contribution >= 0.6 is 0 Å². The van der Waals surface area contributed by atoms with Gasteiger partial charge in [-0.05, 0) is 24.3 Å². The predicted molar refractivity (Wildman–Crippen MR) is 74.2 cm³/mol. The van der Waals surface area contributed by atoms with Crippen molar-refractivity contribution < 1.29 is 9.84 Å². The quantitative estimate of drug-likeness (QED) is 0.774. The molecule has 0 aliphatic carbocycles. The monoisotopic (exact) mass is 251 g/mol. The number of ether oxygens (including phenoxy) is 1. The fourth-order valence-electron chi connectivity index (χ4n) is 1.98. The summed E-state index contributed by atoms with van der Waals surface area (Å²) in [4.78, 5) is 4.37. The number of aromatic nitrogens is 1. The molecule has 0 spiro atoms. The molecule has 94 valence electrons. The molecule has 0 aliphatic rings. The van der Waals surface area contributed by atoms with Gasteiger partial charge in [-0.1, -0.05) is 30.3 Å². The molecule has 1 N–H and O–H groups in total. The molecule has 0 radical (unpaired) electrons. The minimum atomic E-state index is -0.101. The van der Waals surface area contributed by atoms with Crippen LogP contribution in [0.15, 0.2) is 60.7 Å². The van der Waals surface area contributed by atoms with E-state index >= 15 is 0 Å². The van der Waals surface area contributed by atoms with Gasteiger partial charge in [0.05, 0.1) is 17.8 Å². The molecule has 3 aromatic rings. The highest BCUT2D eigenvalue weighted by atomic mass is 16.5. The van der Waals surface area contributed by atoms with E-state index in [-0.39, 0.29) is 6.61 Å². The average Bonchev–Trinajstić information content (AvgIpc) is 2.48. The van der Waals surface area contributed by atoms with Crippen molar-refractivity contribution in [2.24, 2.45) is 0 Å². The van der Waals surface area contributed by atoms with Gasteiger partial charge in [-0.3, -0.25) is 4.98 Å². The van der Waals surface area contributed by atoms with Crippen LogP contribution in [0.25, 0.3) is 10.9 Å². The van der Waals surface area contributed by atoms with E-state index < -0.39 is 0 Å². The van der Waals surface area contributed by atoms with Crippen LogP contribution in [0.3, 0.4) is 0 Å². The molecule has 0 saturated heterocycles. The van der Waals surface area contributed by atoms with Crippen molar-refractivity contribution in [2.45, 2.75) is 6.61 Å². The third-order valence-corrected chi connectivity index (χ3v) is 2.86. The number of pyridine rings is 1. The molecule has 3 nitrogen and oxygen atoms in total. The predicted octanol–water partition coefficient (Wildman–Crippen LogP) is 3.52. The molecule has 0 fully saturated rings. The van der Waals surface area contributed by atoms with Crippen molar-refractivity contribution in [3.8, 4) is 11.5 Å². The molecule has 1 heterocycles. The van der Waals surface area contributed by atoms with Crippen molar-refractivity contribution in [1.82, 2.24) is 4.98 Å². The van der Waals surface area contributed by atoms with Gasteiger partial charge in [0.2, 0.25) is 0 Å². The van der Waals surface area contributed by atoms with Gasteiger partial charge in [-0.15, -0.1) is 0 Å². The molecule has 0 aliphatic heterocycles. The van der Waals surface area contributed by atoms with Gasteiger partial charge in [0.1, 0.15) is 11.5 Å². The smallest absolute Gasteiger partial charge is 0.138 e. The lowest BCUT2D eigenvalue weighted by Gasteiger charge is -2.10. The molecule has 3 rings (SSSR count). The standard InChI is InChI=1S/C16H13NO2/c18-11-12-10-16(19-13-6-2-1-3-7-13)14-8-4-5-9-15(14)17-12/h1-10,18H,11H2. The van der Waals surface area contributed by atoms with E-state index in [2.05, 4.69) is 4.98 Å². The Morgan fingerprint density at radius 3 is 2.47 bits per heavy atom. The third-order valence-electron chi connectivity index (χ3n) is 2.86. The van der Waals surface area contributed by atoms with E-state index in [1.54, 1.807) is 6.07 Å². The normalized spacial score (nSPS) is 10.6. The maximum absolute atomic E-state index is 9.27. The van der Waals surface area contributed by atoms with Crippen LogP contribution in [0.2, 0.25) is 0 Å². The highest BCUT2D eigenvalue weighted by Gasteiger charge is 2.07. The van der Waals surface area contributed by atoms with Crippen LogP contribution in [-0.2, 0) is 6.61 Å². The first-order valence-electron chi connectivity index (χ1n) is 6.09. The molecule has 0 unspecified atom stereocenters. The SMILES string of the molecule is OCc1cc(Oc2ccccc2)c2ccccc2n1. The van der Waals surface area contributed by atoms with Crippen LogP contribution in [0.4, 0.5) is 0 Å². The summed E-state index contributed by atoms with van der Waals surface area (Å²) in [6.07, 6.45) is 0. The van der Waals surface area contributed by atoms with Gasteiger partial charge in [-0.2, -0.15) is 0 Å². The molecule has 0 atom stereocenters. The summed E-state index contributed by atoms with van der Waals surface area (Å²) in [5, 5.41) is 10.2. The molecule has 0 amide bonds. The Morgan fingerprint density at radius 2 is 1.68 bits per heavy atom. The van der Waals surface area contributed by atoms with Crippen LogP contribution in [0.5, 0.6) is 11.5 Å². The number of fused-ring (bicyclic) bond motifs is 1. The lowest BCUT2D eigenvalue weighted by atomic mass is 10.2. The van der Waals surface area contributed by atoms with Crippen LogP contribution < -0.4 is 4.74 Å². The topological polar surface area (TPSA) is 42.4 Å². The number of hydrogen-bond acceptors (Lipinski definition) is 3. The summed E-state index contributed by atoms with van der Waals surface area (Å²) in [7, 11) is 0. The van der Waals surface area contributed by atoms with E-state index in [0.29, 0.717) is 11.4 Å². The molecular weight excluding hydrogens is 238 g/mol. The van der Waals surface area contributed by atoms with E-state index in [9.17, 15) is 5.11 Å². The maximum Gasteiger partial charge on any atom is 0.138 e. The molecule has 0 bridgehead atoms. The number of aliphatic hydroxyl groups is 1. The number of nitrogens with zero attached hydrogens (tertiary/aromatic N) is 1. The number of hydrogen-bond donors (Lipinski definition) is 1. The lowest BCUT2D eigenvalue weighted by molar-refractivity contribution is 0.277. The van der Waals surface area contributed by atoms with Crippen LogP contribution in [-0.4, -0.2) is 10.1 Å². The van der Waals surface area contributed by atoms with Gasteiger partial charge in [0, 0.05) is 11.5 Å². The summed E-state index contributed by atoms with van der Waals surface area (Å²) >= 11 is 0. The van der Waals surface area contributed by atoms with E-state index in [0.717, 1.165) is 16.7 Å². The van der Waals surface area contributed by atoms with Crippen LogP contribution in [0.1, 0.15) is 5.69 Å². The Kier molecular flexibility index (Phi) is 3.12. The average molecular weight is 251 g/mol. The van der Waals surface area contributed by atoms with Crippen molar-refractivity contribution in [3.63, 3.8) is 0 Å². The first-order valence-corrected chi connectivity index (χ1v) is 6.09. The minimum Gasteiger partial charge on any atom is -0.457 e. The summed E-state index contributed by atoms with van der Waals surface area (Å²) < 4.78 is 5.88. The minimum absolute atomic E-state index is 0.101. The van der Waals surface area contributed by atoms with Gasteiger partial charge < -0.3 is 9.84 Å².